The molecule has 3 nitrogen and oxygen atoms in total. The monoisotopic (exact) mass is 240 g/mol. The number of nitrogens with one attached hydrogen (secondary N) is 1. The highest BCUT2D eigenvalue weighted by Crippen LogP contribution is 2.27. The first-order valence-electron chi connectivity index (χ1n) is 5.74. The van der Waals surface area contributed by atoms with Gasteiger partial charge in [-0.1, -0.05) is 13.8 Å². The number of anilines is 1. The van der Waals surface area contributed by atoms with Crippen molar-refractivity contribution in [1.29, 1.82) is 0 Å². The molecule has 3 N–H and O–H groups in total. The minimum absolute atomic E-state index is 0.290. The average molecular weight is 240 g/mol. The van der Waals surface area contributed by atoms with Crippen LogP contribution in [0.3, 0.4) is 0 Å². The fourth-order valence-electron chi connectivity index (χ4n) is 1.47. The van der Waals surface area contributed by atoms with Crippen molar-refractivity contribution in [3.05, 3.63) is 24.0 Å². The van der Waals surface area contributed by atoms with Gasteiger partial charge in [0, 0.05) is 18.2 Å². The fraction of sp³-hybridized carbons (Fsp3) is 0.538. The van der Waals surface area contributed by atoms with Crippen molar-refractivity contribution in [1.82, 2.24) is 0 Å². The lowest BCUT2D eigenvalue weighted by Gasteiger charge is -2.34. The molecule has 0 fully saturated rings. The molecule has 17 heavy (non-hydrogen) atoms. The van der Waals surface area contributed by atoms with Gasteiger partial charge in [-0.25, -0.2) is 4.39 Å². The van der Waals surface area contributed by atoms with Crippen molar-refractivity contribution in [3.63, 3.8) is 0 Å². The molecule has 0 bridgehead atoms. The van der Waals surface area contributed by atoms with Gasteiger partial charge in [-0.05, 0) is 25.0 Å². The fourth-order valence-corrected chi connectivity index (χ4v) is 1.47. The van der Waals surface area contributed by atoms with Crippen LogP contribution in [0, 0.1) is 11.7 Å². The molecule has 0 saturated heterocycles. The van der Waals surface area contributed by atoms with Gasteiger partial charge in [0.15, 0.2) is 0 Å². The zero-order valence-electron chi connectivity index (χ0n) is 10.9. The van der Waals surface area contributed by atoms with Crippen LogP contribution in [0.5, 0.6) is 5.75 Å². The van der Waals surface area contributed by atoms with E-state index in [0.717, 1.165) is 0 Å². The third-order valence-corrected chi connectivity index (χ3v) is 3.29. The van der Waals surface area contributed by atoms with Crippen LogP contribution in [0.4, 0.5) is 10.1 Å². The second-order valence-electron chi connectivity index (χ2n) is 4.75. The van der Waals surface area contributed by atoms with E-state index in [1.807, 2.05) is 6.92 Å². The molecule has 0 spiro atoms. The van der Waals surface area contributed by atoms with E-state index in [9.17, 15) is 4.39 Å². The summed E-state index contributed by atoms with van der Waals surface area (Å²) in [5, 5.41) is 3.17. The van der Waals surface area contributed by atoms with Gasteiger partial charge in [0.25, 0.3) is 0 Å². The number of hydrogen-bond acceptors (Lipinski definition) is 3. The second-order valence-corrected chi connectivity index (χ2v) is 4.75. The molecular formula is C13H21FN2O. The number of halogens is 1. The van der Waals surface area contributed by atoms with Crippen LogP contribution < -0.4 is 15.8 Å². The number of nitrogens with two attached hydrogens (primary N) is 1. The number of rotatable bonds is 5. The lowest BCUT2D eigenvalue weighted by molar-refractivity contribution is 0.379. The van der Waals surface area contributed by atoms with E-state index in [2.05, 4.69) is 19.2 Å². The molecule has 0 radical (unpaired) electrons. The van der Waals surface area contributed by atoms with Crippen LogP contribution in [-0.2, 0) is 0 Å². The lowest BCUT2D eigenvalue weighted by Crippen LogP contribution is -2.47. The first kappa shape index (κ1) is 13.8. The quantitative estimate of drug-likeness (QED) is 0.831. The minimum atomic E-state index is -0.340. The van der Waals surface area contributed by atoms with Gasteiger partial charge < -0.3 is 15.8 Å². The number of hydrogen-bond donors (Lipinski definition) is 2. The summed E-state index contributed by atoms with van der Waals surface area (Å²) in [7, 11) is 1.56. The van der Waals surface area contributed by atoms with E-state index < -0.39 is 0 Å². The van der Waals surface area contributed by atoms with Crippen LogP contribution in [-0.4, -0.2) is 19.2 Å². The van der Waals surface area contributed by atoms with Gasteiger partial charge in [0.05, 0.1) is 12.8 Å². The summed E-state index contributed by atoms with van der Waals surface area (Å²) in [6, 6.07) is 4.62. The predicted molar refractivity (Wildman–Crippen MR) is 68.9 cm³/mol. The zero-order chi connectivity index (χ0) is 13.1. The second kappa shape index (κ2) is 5.36. The summed E-state index contributed by atoms with van der Waals surface area (Å²) in [5.41, 5.74) is 5.84. The van der Waals surface area contributed by atoms with Gasteiger partial charge in [-0.2, -0.15) is 0 Å². The van der Waals surface area contributed by atoms with Crippen molar-refractivity contribution in [2.24, 2.45) is 11.7 Å². The Morgan fingerprint density at radius 1 is 1.47 bits per heavy atom. The third kappa shape index (κ3) is 3.09. The number of ether oxygens (including phenoxy) is 1. The van der Waals surface area contributed by atoms with Crippen LogP contribution in [0.2, 0.25) is 0 Å². The van der Waals surface area contributed by atoms with Crippen molar-refractivity contribution in [3.8, 4) is 5.75 Å². The highest BCUT2D eigenvalue weighted by molar-refractivity contribution is 5.51. The SMILES string of the molecule is COc1ccc(F)c(NC(C)(CN)C(C)C)c1. The summed E-state index contributed by atoms with van der Waals surface area (Å²) in [6.07, 6.45) is 0. The summed E-state index contributed by atoms with van der Waals surface area (Å²) >= 11 is 0. The van der Waals surface area contributed by atoms with E-state index in [1.165, 1.54) is 6.07 Å². The van der Waals surface area contributed by atoms with Crippen molar-refractivity contribution in [2.45, 2.75) is 26.3 Å². The molecule has 1 unspecified atom stereocenters. The molecule has 0 aliphatic heterocycles. The van der Waals surface area contributed by atoms with Crippen LogP contribution in [0.15, 0.2) is 18.2 Å². The van der Waals surface area contributed by atoms with Crippen LogP contribution in [0.25, 0.3) is 0 Å². The molecule has 0 aromatic heterocycles. The van der Waals surface area contributed by atoms with Crippen molar-refractivity contribution in [2.75, 3.05) is 19.0 Å². The maximum atomic E-state index is 13.7. The van der Waals surface area contributed by atoms with Gasteiger partial charge in [-0.3, -0.25) is 0 Å². The smallest absolute Gasteiger partial charge is 0.146 e. The Morgan fingerprint density at radius 2 is 2.12 bits per heavy atom. The maximum absolute atomic E-state index is 13.7. The molecule has 96 valence electrons. The first-order chi connectivity index (χ1) is 7.92. The van der Waals surface area contributed by atoms with Gasteiger partial charge in [0.1, 0.15) is 11.6 Å². The Morgan fingerprint density at radius 3 is 2.59 bits per heavy atom. The molecule has 4 heteroatoms. The summed E-state index contributed by atoms with van der Waals surface area (Å²) in [5.74, 6) is 0.612. The Hall–Kier alpha value is -1.29. The Balaban J connectivity index is 3.00. The molecule has 0 saturated carbocycles. The molecule has 1 atom stereocenters. The van der Waals surface area contributed by atoms with Gasteiger partial charge in [0.2, 0.25) is 0 Å². The standard InChI is InChI=1S/C13H21FN2O/c1-9(2)13(3,8-15)16-12-7-10(17-4)5-6-11(12)14/h5-7,9,16H,8,15H2,1-4H3. The molecule has 1 aromatic carbocycles. The van der Waals surface area contributed by atoms with Crippen molar-refractivity contribution < 1.29 is 9.13 Å². The van der Waals surface area contributed by atoms with E-state index in [4.69, 9.17) is 10.5 Å². The average Bonchev–Trinajstić information content (AvgIpc) is 2.31. The van der Waals surface area contributed by atoms with E-state index >= 15 is 0 Å². The van der Waals surface area contributed by atoms with E-state index in [1.54, 1.807) is 19.2 Å². The predicted octanol–water partition coefficient (Wildman–Crippen LogP) is 2.62. The topological polar surface area (TPSA) is 47.3 Å². The molecule has 0 aliphatic carbocycles. The highest BCUT2D eigenvalue weighted by Gasteiger charge is 2.27. The summed E-state index contributed by atoms with van der Waals surface area (Å²) < 4.78 is 18.8. The molecule has 1 rings (SSSR count). The zero-order valence-corrected chi connectivity index (χ0v) is 10.9. The lowest BCUT2D eigenvalue weighted by atomic mass is 9.88. The van der Waals surface area contributed by atoms with Gasteiger partial charge >= 0.3 is 0 Å². The van der Waals surface area contributed by atoms with E-state index in [0.29, 0.717) is 18.0 Å². The Bertz CT molecular complexity index is 382. The highest BCUT2D eigenvalue weighted by atomic mass is 19.1. The van der Waals surface area contributed by atoms with Crippen LogP contribution in [0.1, 0.15) is 20.8 Å². The molecule has 0 heterocycles. The first-order valence-corrected chi connectivity index (χ1v) is 5.74. The van der Waals surface area contributed by atoms with E-state index in [-0.39, 0.29) is 17.3 Å². The molecular weight excluding hydrogens is 219 g/mol. The van der Waals surface area contributed by atoms with Gasteiger partial charge in [-0.15, -0.1) is 0 Å². The number of benzene rings is 1. The maximum Gasteiger partial charge on any atom is 0.146 e. The normalized spacial score (nSPS) is 14.5. The van der Waals surface area contributed by atoms with Crippen molar-refractivity contribution >= 4 is 5.69 Å². The molecule has 0 aliphatic rings. The third-order valence-electron chi connectivity index (χ3n) is 3.29. The number of methoxy groups -OCH3 is 1. The Labute approximate surface area is 102 Å². The summed E-state index contributed by atoms with van der Waals surface area (Å²) in [4.78, 5) is 0. The summed E-state index contributed by atoms with van der Waals surface area (Å²) in [6.45, 7) is 6.52. The molecule has 0 amide bonds. The Kier molecular flexibility index (Phi) is 4.34. The largest absolute Gasteiger partial charge is 0.497 e. The molecule has 1 aromatic rings. The minimum Gasteiger partial charge on any atom is -0.497 e. The van der Waals surface area contributed by atoms with Crippen LogP contribution >= 0.6 is 0 Å².